The number of fused-ring (bicyclic) bond motifs is 1. The summed E-state index contributed by atoms with van der Waals surface area (Å²) in [5, 5.41) is 6.87. The van der Waals surface area contributed by atoms with Crippen LogP contribution in [0.4, 0.5) is 10.7 Å². The minimum absolute atomic E-state index is 0.131. The fourth-order valence-electron chi connectivity index (χ4n) is 4.75. The fourth-order valence-corrected chi connectivity index (χ4v) is 7.17. The number of carbonyl (C=O) groups is 3. The van der Waals surface area contributed by atoms with Crippen LogP contribution >= 0.6 is 34.7 Å². The Morgan fingerprint density at radius 3 is 2.48 bits per heavy atom. The van der Waals surface area contributed by atoms with Crippen molar-refractivity contribution in [3.8, 4) is 0 Å². The van der Waals surface area contributed by atoms with Gasteiger partial charge in [-0.2, -0.15) is 0 Å². The highest BCUT2D eigenvalue weighted by atomic mass is 35.5. The quantitative estimate of drug-likeness (QED) is 0.183. The first kappa shape index (κ1) is 30.2. The first-order chi connectivity index (χ1) is 19.4. The molecule has 1 unspecified atom stereocenters. The van der Waals surface area contributed by atoms with Crippen molar-refractivity contribution in [3.63, 3.8) is 0 Å². The van der Waals surface area contributed by atoms with E-state index >= 15 is 0 Å². The number of carbonyl (C=O) groups excluding carboxylic acids is 3. The highest BCUT2D eigenvalue weighted by Crippen LogP contribution is 2.38. The van der Waals surface area contributed by atoms with E-state index in [1.165, 1.54) is 34.4 Å². The van der Waals surface area contributed by atoms with E-state index in [1.807, 2.05) is 43.3 Å². The summed E-state index contributed by atoms with van der Waals surface area (Å²) in [5.41, 5.74) is 3.12. The Hall–Kier alpha value is -2.81. The maximum Gasteiger partial charge on any atom is 0.341 e. The minimum atomic E-state index is -0.375. The molecule has 4 rings (SSSR count). The molecule has 2 N–H and O–H groups in total. The van der Waals surface area contributed by atoms with Crippen LogP contribution in [0, 0.1) is 0 Å². The molecule has 0 fully saturated rings. The van der Waals surface area contributed by atoms with Gasteiger partial charge in [-0.25, -0.2) is 4.79 Å². The van der Waals surface area contributed by atoms with Gasteiger partial charge in [0.25, 0.3) is 0 Å². The predicted octanol–water partition coefficient (Wildman–Crippen LogP) is 7.93. The molecule has 3 aromatic rings. The van der Waals surface area contributed by atoms with E-state index in [9.17, 15) is 14.4 Å². The summed E-state index contributed by atoms with van der Waals surface area (Å²) >= 11 is 8.89. The van der Waals surface area contributed by atoms with Crippen LogP contribution in [0.2, 0.25) is 5.02 Å². The second kappa shape index (κ2) is 14.7. The van der Waals surface area contributed by atoms with Crippen LogP contribution in [-0.2, 0) is 33.6 Å². The molecule has 0 radical (unpaired) electrons. The summed E-state index contributed by atoms with van der Waals surface area (Å²) in [5.74, 6) is -0.642. The monoisotopic (exact) mass is 598 g/mol. The highest BCUT2D eigenvalue weighted by molar-refractivity contribution is 8.00. The van der Waals surface area contributed by atoms with Crippen molar-refractivity contribution in [2.45, 2.75) is 75.4 Å². The van der Waals surface area contributed by atoms with Gasteiger partial charge in [0, 0.05) is 20.5 Å². The van der Waals surface area contributed by atoms with Crippen molar-refractivity contribution in [1.82, 2.24) is 0 Å². The number of nitrogens with one attached hydrogen (secondary N) is 2. The van der Waals surface area contributed by atoms with Crippen molar-refractivity contribution < 1.29 is 19.1 Å². The summed E-state index contributed by atoms with van der Waals surface area (Å²) in [6.45, 7) is 4.05. The number of halogens is 1. The van der Waals surface area contributed by atoms with Gasteiger partial charge in [-0.1, -0.05) is 49.6 Å². The molecule has 0 bridgehead atoms. The average molecular weight is 599 g/mol. The number of anilines is 2. The lowest BCUT2D eigenvalue weighted by Gasteiger charge is -2.16. The predicted molar refractivity (Wildman–Crippen MR) is 165 cm³/mol. The molecule has 1 atom stereocenters. The van der Waals surface area contributed by atoms with Gasteiger partial charge in [0.2, 0.25) is 11.8 Å². The molecule has 0 saturated carbocycles. The van der Waals surface area contributed by atoms with E-state index in [0.717, 1.165) is 48.1 Å². The first-order valence-electron chi connectivity index (χ1n) is 13.8. The molecule has 0 spiro atoms. The molecule has 0 saturated heterocycles. The van der Waals surface area contributed by atoms with Crippen molar-refractivity contribution in [3.05, 3.63) is 75.1 Å². The average Bonchev–Trinajstić information content (AvgIpc) is 3.24. The number of thiophene rings is 1. The Bertz CT molecular complexity index is 1340. The number of rotatable bonds is 10. The number of amides is 2. The summed E-state index contributed by atoms with van der Waals surface area (Å²) in [4.78, 5) is 41.0. The second-order valence-electron chi connectivity index (χ2n) is 9.73. The van der Waals surface area contributed by atoms with Gasteiger partial charge in [-0.3, -0.25) is 9.59 Å². The minimum Gasteiger partial charge on any atom is -0.462 e. The molecule has 1 aromatic heterocycles. The number of benzene rings is 2. The lowest BCUT2D eigenvalue weighted by atomic mass is 9.96. The molecular formula is C31H35ClN2O4S2. The van der Waals surface area contributed by atoms with Gasteiger partial charge in [0.1, 0.15) is 5.00 Å². The summed E-state index contributed by atoms with van der Waals surface area (Å²) < 4.78 is 5.39. The number of aryl methyl sites for hydroxylation is 1. The highest BCUT2D eigenvalue weighted by Gasteiger charge is 2.28. The van der Waals surface area contributed by atoms with Crippen molar-refractivity contribution in [2.24, 2.45) is 0 Å². The van der Waals surface area contributed by atoms with Gasteiger partial charge >= 0.3 is 5.97 Å². The Morgan fingerprint density at radius 1 is 1.00 bits per heavy atom. The molecule has 40 heavy (non-hydrogen) atoms. The second-order valence-corrected chi connectivity index (χ2v) is 12.5. The van der Waals surface area contributed by atoms with Crippen molar-refractivity contribution in [1.29, 1.82) is 0 Å². The third-order valence-corrected chi connectivity index (χ3v) is 9.54. The van der Waals surface area contributed by atoms with Crippen molar-refractivity contribution >= 4 is 63.2 Å². The van der Waals surface area contributed by atoms with Crippen LogP contribution in [0.1, 0.15) is 72.3 Å². The topological polar surface area (TPSA) is 84.5 Å². The van der Waals surface area contributed by atoms with Crippen LogP contribution in [0.5, 0.6) is 0 Å². The third-order valence-electron chi connectivity index (χ3n) is 6.72. The SMILES string of the molecule is CCOC(=O)c1c(NC(=O)C(CC)Sc2cccc(NC(=O)Cc3ccc(Cl)cc3)c2)sc2c1CCCCCC2. The number of esters is 1. The van der Waals surface area contributed by atoms with Crippen LogP contribution < -0.4 is 10.6 Å². The fraction of sp³-hybridized carbons (Fsp3) is 0.387. The van der Waals surface area contributed by atoms with E-state index in [4.69, 9.17) is 16.3 Å². The van der Waals surface area contributed by atoms with Crippen LogP contribution in [0.3, 0.4) is 0 Å². The van der Waals surface area contributed by atoms with Crippen LogP contribution in [-0.4, -0.2) is 29.6 Å². The van der Waals surface area contributed by atoms with Crippen LogP contribution in [0.25, 0.3) is 0 Å². The van der Waals surface area contributed by atoms with Gasteiger partial charge in [0.15, 0.2) is 0 Å². The molecular weight excluding hydrogens is 564 g/mol. The Morgan fingerprint density at radius 2 is 1.75 bits per heavy atom. The lowest BCUT2D eigenvalue weighted by molar-refractivity contribution is -0.116. The molecule has 212 valence electrons. The Balaban J connectivity index is 1.45. The van der Waals surface area contributed by atoms with Gasteiger partial charge < -0.3 is 15.4 Å². The van der Waals surface area contributed by atoms with E-state index in [-0.39, 0.29) is 36.1 Å². The molecule has 1 heterocycles. The molecule has 1 aliphatic rings. The summed E-state index contributed by atoms with van der Waals surface area (Å²) in [6.07, 6.45) is 7.04. The zero-order valence-corrected chi connectivity index (χ0v) is 25.3. The largest absolute Gasteiger partial charge is 0.462 e. The zero-order valence-electron chi connectivity index (χ0n) is 22.9. The molecule has 2 aromatic carbocycles. The lowest BCUT2D eigenvalue weighted by Crippen LogP contribution is -2.25. The maximum absolute atomic E-state index is 13.5. The summed E-state index contributed by atoms with van der Waals surface area (Å²) in [7, 11) is 0. The van der Waals surface area contributed by atoms with E-state index in [0.29, 0.717) is 27.7 Å². The number of thioether (sulfide) groups is 1. The van der Waals surface area contributed by atoms with Gasteiger partial charge in [-0.05, 0) is 80.5 Å². The Labute approximate surface area is 249 Å². The van der Waals surface area contributed by atoms with Gasteiger partial charge in [0.05, 0.1) is 23.8 Å². The normalized spacial score (nSPS) is 13.9. The third kappa shape index (κ3) is 8.12. The van der Waals surface area contributed by atoms with Crippen molar-refractivity contribution in [2.75, 3.05) is 17.2 Å². The van der Waals surface area contributed by atoms with E-state index in [1.54, 1.807) is 19.1 Å². The number of hydrogen-bond donors (Lipinski definition) is 2. The molecule has 0 aliphatic heterocycles. The number of ether oxygens (including phenoxy) is 1. The maximum atomic E-state index is 13.5. The van der Waals surface area contributed by atoms with Crippen LogP contribution in [0.15, 0.2) is 53.4 Å². The Kier molecular flexibility index (Phi) is 11.1. The van der Waals surface area contributed by atoms with Gasteiger partial charge in [-0.15, -0.1) is 23.1 Å². The zero-order chi connectivity index (χ0) is 28.5. The molecule has 2 amide bonds. The standard InChI is InChI=1S/C31H35ClN2O4S2/c1-3-25(39-23-11-9-10-22(19-23)33-27(35)18-20-14-16-21(32)17-15-20)29(36)34-30-28(31(37)38-4-2)24-12-7-5-6-8-13-26(24)40-30/h9-11,14-17,19,25H,3-8,12-13,18H2,1-2H3,(H,33,35)(H,34,36). The molecule has 9 heteroatoms. The van der Waals surface area contributed by atoms with E-state index in [2.05, 4.69) is 10.6 Å². The summed E-state index contributed by atoms with van der Waals surface area (Å²) in [6, 6.07) is 14.7. The smallest absolute Gasteiger partial charge is 0.341 e. The van der Waals surface area contributed by atoms with E-state index < -0.39 is 0 Å². The first-order valence-corrected chi connectivity index (χ1v) is 15.9. The molecule has 6 nitrogen and oxygen atoms in total. The molecule has 1 aliphatic carbocycles. The number of hydrogen-bond acceptors (Lipinski definition) is 6.